The van der Waals surface area contributed by atoms with E-state index in [-0.39, 0.29) is 17.3 Å². The van der Waals surface area contributed by atoms with Gasteiger partial charge < -0.3 is 16.3 Å². The zero-order chi connectivity index (χ0) is 13.4. The maximum Gasteiger partial charge on any atom is 0.234 e. The molecule has 0 radical (unpaired) electrons. The topological polar surface area (TPSA) is 87.7 Å². The third kappa shape index (κ3) is 1.85. The normalized spacial score (nSPS) is 34.3. The van der Waals surface area contributed by atoms with E-state index in [2.05, 4.69) is 24.3 Å². The van der Waals surface area contributed by atoms with Gasteiger partial charge in [0.15, 0.2) is 5.84 Å². The maximum absolute atomic E-state index is 12.5. The second kappa shape index (κ2) is 4.44. The molecule has 0 aromatic rings. The van der Waals surface area contributed by atoms with Crippen LogP contribution in [-0.4, -0.2) is 22.5 Å². The molecule has 102 valence electrons. The molecule has 0 bridgehead atoms. The number of hydrogen-bond acceptors (Lipinski definition) is 3. The minimum atomic E-state index is -0.772. The van der Waals surface area contributed by atoms with Crippen molar-refractivity contribution in [2.45, 2.75) is 57.9 Å². The second-order valence-corrected chi connectivity index (χ2v) is 6.02. The summed E-state index contributed by atoms with van der Waals surface area (Å²) >= 11 is 0. The first-order valence-electron chi connectivity index (χ1n) is 6.79. The molecule has 5 nitrogen and oxygen atoms in total. The summed E-state index contributed by atoms with van der Waals surface area (Å²) in [5.41, 5.74) is 4.92. The first kappa shape index (κ1) is 13.2. The highest BCUT2D eigenvalue weighted by Crippen LogP contribution is 2.47. The number of carbonyl (C=O) groups excluding carboxylic acids is 1. The first-order chi connectivity index (χ1) is 8.48. The highest BCUT2D eigenvalue weighted by Gasteiger charge is 2.54. The molecule has 1 amide bonds. The Morgan fingerprint density at radius 1 is 1.50 bits per heavy atom. The Kier molecular flexibility index (Phi) is 3.25. The van der Waals surface area contributed by atoms with Gasteiger partial charge in [0.2, 0.25) is 5.91 Å². The van der Waals surface area contributed by atoms with Crippen LogP contribution in [0.25, 0.3) is 0 Å². The van der Waals surface area contributed by atoms with Crippen molar-refractivity contribution in [3.05, 3.63) is 0 Å². The van der Waals surface area contributed by atoms with Crippen molar-refractivity contribution < 1.29 is 10.0 Å². The Bertz CT molecular complexity index is 363. The third-order valence-corrected chi connectivity index (χ3v) is 4.79. The zero-order valence-electron chi connectivity index (χ0n) is 11.2. The van der Waals surface area contributed by atoms with Gasteiger partial charge in [-0.25, -0.2) is 0 Å². The molecule has 0 saturated heterocycles. The van der Waals surface area contributed by atoms with Crippen LogP contribution in [-0.2, 0) is 4.79 Å². The lowest BCUT2D eigenvalue weighted by atomic mass is 9.60. The Labute approximate surface area is 108 Å². The van der Waals surface area contributed by atoms with Crippen molar-refractivity contribution in [2.24, 2.45) is 22.2 Å². The molecule has 2 aliphatic carbocycles. The summed E-state index contributed by atoms with van der Waals surface area (Å²) in [4.78, 5) is 12.5. The molecule has 0 aromatic carbocycles. The van der Waals surface area contributed by atoms with Gasteiger partial charge in [-0.15, -0.1) is 0 Å². The molecule has 5 heteroatoms. The predicted octanol–water partition coefficient (Wildman–Crippen LogP) is 1.60. The highest BCUT2D eigenvalue weighted by molar-refractivity contribution is 6.08. The fourth-order valence-electron chi connectivity index (χ4n) is 3.27. The molecule has 0 heterocycles. The fraction of sp³-hybridized carbons (Fsp3) is 0.846. The number of hydrogen-bond donors (Lipinski definition) is 3. The van der Waals surface area contributed by atoms with Crippen LogP contribution in [0.5, 0.6) is 0 Å². The summed E-state index contributed by atoms with van der Waals surface area (Å²) in [7, 11) is 0. The van der Waals surface area contributed by atoms with Crippen LogP contribution < -0.4 is 11.1 Å². The van der Waals surface area contributed by atoms with Gasteiger partial charge >= 0.3 is 0 Å². The lowest BCUT2D eigenvalue weighted by Gasteiger charge is -2.49. The molecule has 2 aliphatic rings. The molecule has 2 fully saturated rings. The lowest BCUT2D eigenvalue weighted by molar-refractivity contribution is -0.136. The smallest absolute Gasteiger partial charge is 0.234 e. The summed E-state index contributed by atoms with van der Waals surface area (Å²) in [6.07, 6.45) is 5.54. The molecule has 18 heavy (non-hydrogen) atoms. The number of nitrogens with two attached hydrogens (primary N) is 1. The first-order valence-corrected chi connectivity index (χ1v) is 6.79. The van der Waals surface area contributed by atoms with Crippen LogP contribution in [0.1, 0.15) is 52.4 Å². The Morgan fingerprint density at radius 3 is 2.44 bits per heavy atom. The highest BCUT2D eigenvalue weighted by atomic mass is 16.4. The van der Waals surface area contributed by atoms with E-state index in [1.54, 1.807) is 0 Å². The monoisotopic (exact) mass is 253 g/mol. The van der Waals surface area contributed by atoms with E-state index in [1.807, 2.05) is 0 Å². The standard InChI is InChI=1S/C13H23N3O2/c1-3-12(5-4-6-12)15-11(17)13(10(14)16-18)7-9(2)8-13/h9,18H,3-8H2,1-2H3,(H2,14,16)(H,15,17). The minimum Gasteiger partial charge on any atom is -0.409 e. The van der Waals surface area contributed by atoms with Crippen molar-refractivity contribution in [1.29, 1.82) is 0 Å². The number of amidine groups is 1. The molecule has 0 aromatic heterocycles. The van der Waals surface area contributed by atoms with E-state index in [4.69, 9.17) is 10.9 Å². The van der Waals surface area contributed by atoms with Crippen LogP contribution in [0.4, 0.5) is 0 Å². The maximum atomic E-state index is 12.5. The summed E-state index contributed by atoms with van der Waals surface area (Å²) in [5.74, 6) is 0.455. The van der Waals surface area contributed by atoms with E-state index >= 15 is 0 Å². The van der Waals surface area contributed by atoms with Crippen molar-refractivity contribution >= 4 is 11.7 Å². The Hall–Kier alpha value is -1.26. The lowest BCUT2D eigenvalue weighted by Crippen LogP contribution is -2.63. The van der Waals surface area contributed by atoms with E-state index in [0.29, 0.717) is 18.8 Å². The van der Waals surface area contributed by atoms with Gasteiger partial charge in [0, 0.05) is 5.54 Å². The van der Waals surface area contributed by atoms with Crippen LogP contribution in [0.15, 0.2) is 5.16 Å². The second-order valence-electron chi connectivity index (χ2n) is 6.02. The van der Waals surface area contributed by atoms with E-state index in [1.165, 1.54) is 6.42 Å². The van der Waals surface area contributed by atoms with Gasteiger partial charge in [0.1, 0.15) is 5.41 Å². The fourth-order valence-corrected chi connectivity index (χ4v) is 3.27. The summed E-state index contributed by atoms with van der Waals surface area (Å²) in [5, 5.41) is 15.1. The third-order valence-electron chi connectivity index (χ3n) is 4.79. The zero-order valence-corrected chi connectivity index (χ0v) is 11.2. The van der Waals surface area contributed by atoms with E-state index in [9.17, 15) is 4.79 Å². The number of amides is 1. The molecule has 2 rings (SSSR count). The van der Waals surface area contributed by atoms with Crippen LogP contribution in [0.2, 0.25) is 0 Å². The summed E-state index contributed by atoms with van der Waals surface area (Å²) in [6, 6.07) is 0. The Balaban J connectivity index is 2.10. The van der Waals surface area contributed by atoms with Gasteiger partial charge in [0.05, 0.1) is 0 Å². The number of nitrogens with zero attached hydrogens (tertiary/aromatic N) is 1. The molecular weight excluding hydrogens is 230 g/mol. The van der Waals surface area contributed by atoms with Gasteiger partial charge in [-0.2, -0.15) is 0 Å². The average Bonchev–Trinajstić information content (AvgIpc) is 2.28. The largest absolute Gasteiger partial charge is 0.409 e. The van der Waals surface area contributed by atoms with E-state index in [0.717, 1.165) is 19.3 Å². The molecule has 0 atom stereocenters. The molecule has 0 unspecified atom stereocenters. The van der Waals surface area contributed by atoms with Gasteiger partial charge in [0.25, 0.3) is 0 Å². The van der Waals surface area contributed by atoms with Crippen molar-refractivity contribution in [1.82, 2.24) is 5.32 Å². The quantitative estimate of drug-likeness (QED) is 0.308. The van der Waals surface area contributed by atoms with Gasteiger partial charge in [-0.3, -0.25) is 4.79 Å². The van der Waals surface area contributed by atoms with Gasteiger partial charge in [-0.05, 0) is 44.4 Å². The van der Waals surface area contributed by atoms with Crippen molar-refractivity contribution in [3.63, 3.8) is 0 Å². The van der Waals surface area contributed by atoms with Crippen LogP contribution >= 0.6 is 0 Å². The van der Waals surface area contributed by atoms with Gasteiger partial charge in [-0.1, -0.05) is 19.0 Å². The van der Waals surface area contributed by atoms with E-state index < -0.39 is 5.41 Å². The molecular formula is C13H23N3O2. The number of rotatable bonds is 4. The molecule has 2 saturated carbocycles. The van der Waals surface area contributed by atoms with Crippen molar-refractivity contribution in [3.8, 4) is 0 Å². The average molecular weight is 253 g/mol. The molecule has 0 spiro atoms. The molecule has 0 aliphatic heterocycles. The predicted molar refractivity (Wildman–Crippen MR) is 69.3 cm³/mol. The number of carbonyl (C=O) groups is 1. The Morgan fingerprint density at radius 2 is 2.11 bits per heavy atom. The minimum absolute atomic E-state index is 0.0430. The molecule has 4 N–H and O–H groups in total. The van der Waals surface area contributed by atoms with Crippen molar-refractivity contribution in [2.75, 3.05) is 0 Å². The number of nitrogens with one attached hydrogen (secondary N) is 1. The van der Waals surface area contributed by atoms with Crippen LogP contribution in [0.3, 0.4) is 0 Å². The SMILES string of the molecule is CCC1(NC(=O)C2(C(N)=NO)CC(C)C2)CCC1. The summed E-state index contributed by atoms with van der Waals surface area (Å²) < 4.78 is 0. The van der Waals surface area contributed by atoms with Crippen LogP contribution in [0, 0.1) is 11.3 Å². The summed E-state index contributed by atoms with van der Waals surface area (Å²) in [6.45, 7) is 4.17. The number of oxime groups is 1.